The summed E-state index contributed by atoms with van der Waals surface area (Å²) >= 11 is 0. The van der Waals surface area contributed by atoms with Crippen molar-refractivity contribution in [1.29, 1.82) is 0 Å². The van der Waals surface area contributed by atoms with Crippen LogP contribution in [0, 0.1) is 0 Å². The second-order valence-corrected chi connectivity index (χ2v) is 9.20. The smallest absolute Gasteiger partial charge is 0.489 e. The molecule has 3 aromatic carbocycles. The van der Waals surface area contributed by atoms with Gasteiger partial charge in [-0.3, -0.25) is 0 Å². The fraction of sp³-hybridized carbons (Fsp3) is 0.321. The van der Waals surface area contributed by atoms with E-state index < -0.39 is 12.3 Å². The molecule has 0 aliphatic rings. The lowest BCUT2D eigenvalue weighted by Crippen LogP contribution is -2.16. The lowest BCUT2D eigenvalue weighted by atomic mass is 9.87. The van der Waals surface area contributed by atoms with Gasteiger partial charge in [0.05, 0.1) is 13.7 Å². The summed E-state index contributed by atoms with van der Waals surface area (Å²) in [7, 11) is 1.28. The van der Waals surface area contributed by atoms with Crippen molar-refractivity contribution < 1.29 is 36.9 Å². The lowest BCUT2D eigenvalue weighted by molar-refractivity contribution is -0.274. The molecule has 0 aliphatic heterocycles. The van der Waals surface area contributed by atoms with E-state index in [1.54, 1.807) is 6.07 Å². The molecule has 0 heterocycles. The molecule has 192 valence electrons. The Balaban J connectivity index is 1.78. The normalized spacial score (nSPS) is 11.8. The number of hydrogen-bond donors (Lipinski definition) is 0. The van der Waals surface area contributed by atoms with Gasteiger partial charge in [-0.2, -0.15) is 0 Å². The van der Waals surface area contributed by atoms with Gasteiger partial charge in [0.15, 0.2) is 0 Å². The molecule has 0 amide bonds. The Morgan fingerprint density at radius 3 is 2.06 bits per heavy atom. The Labute approximate surface area is 208 Å². The molecule has 0 saturated heterocycles. The molecule has 5 nitrogen and oxygen atoms in total. The summed E-state index contributed by atoms with van der Waals surface area (Å²) in [5.41, 5.74) is 4.37. The Morgan fingerprint density at radius 2 is 1.47 bits per heavy atom. The standard InChI is InChI=1S/C28H29F3O5/c1-27(2,3)23-10-5-19(6-11-23)16-35-25-14-9-21(15-22(25)17-34-18-26(32)33-4)20-7-12-24(13-8-20)36-28(29,30)31/h5-15H,16-18H2,1-4H3. The average Bonchev–Trinajstić information content (AvgIpc) is 2.82. The maximum Gasteiger partial charge on any atom is 0.573 e. The van der Waals surface area contributed by atoms with Crippen LogP contribution >= 0.6 is 0 Å². The number of carbonyl (C=O) groups is 1. The minimum Gasteiger partial charge on any atom is -0.489 e. The third kappa shape index (κ3) is 8.02. The van der Waals surface area contributed by atoms with Crippen LogP contribution in [-0.4, -0.2) is 26.0 Å². The summed E-state index contributed by atoms with van der Waals surface area (Å²) in [6.07, 6.45) is -4.75. The van der Waals surface area contributed by atoms with E-state index in [0.717, 1.165) is 11.1 Å². The predicted octanol–water partition coefficient (Wildman–Crippen LogP) is 6.82. The first kappa shape index (κ1) is 27.1. The Hall–Kier alpha value is -3.52. The topological polar surface area (TPSA) is 54.0 Å². The highest BCUT2D eigenvalue weighted by molar-refractivity contribution is 5.70. The Kier molecular flexibility index (Phi) is 8.63. The van der Waals surface area contributed by atoms with Crippen LogP contribution in [0.2, 0.25) is 0 Å². The van der Waals surface area contributed by atoms with Crippen molar-refractivity contribution in [1.82, 2.24) is 0 Å². The van der Waals surface area contributed by atoms with Gasteiger partial charge in [-0.1, -0.05) is 63.2 Å². The van der Waals surface area contributed by atoms with Crippen LogP contribution in [0.4, 0.5) is 13.2 Å². The number of alkyl halides is 3. The molecule has 0 bridgehead atoms. The van der Waals surface area contributed by atoms with Crippen LogP contribution in [-0.2, 0) is 32.9 Å². The van der Waals surface area contributed by atoms with Crippen molar-refractivity contribution in [2.45, 2.75) is 45.8 Å². The quantitative estimate of drug-likeness (QED) is 0.301. The minimum atomic E-state index is -4.75. The summed E-state index contributed by atoms with van der Waals surface area (Å²) in [4.78, 5) is 11.4. The van der Waals surface area contributed by atoms with E-state index in [9.17, 15) is 18.0 Å². The molecule has 0 saturated carbocycles. The predicted molar refractivity (Wildman–Crippen MR) is 130 cm³/mol. The van der Waals surface area contributed by atoms with E-state index in [0.29, 0.717) is 23.5 Å². The first-order chi connectivity index (χ1) is 16.9. The number of esters is 1. The summed E-state index contributed by atoms with van der Waals surface area (Å²) in [6, 6.07) is 19.2. The highest BCUT2D eigenvalue weighted by Crippen LogP contribution is 2.31. The molecule has 0 aliphatic carbocycles. The van der Waals surface area contributed by atoms with Crippen LogP contribution in [0.5, 0.6) is 11.5 Å². The van der Waals surface area contributed by atoms with Crippen LogP contribution in [0.1, 0.15) is 37.5 Å². The summed E-state index contributed by atoms with van der Waals surface area (Å²) in [5.74, 6) is -0.237. The molecule has 3 rings (SSSR count). The van der Waals surface area contributed by atoms with Crippen molar-refractivity contribution in [3.8, 4) is 22.6 Å². The van der Waals surface area contributed by atoms with E-state index in [2.05, 4.69) is 42.4 Å². The zero-order valence-corrected chi connectivity index (χ0v) is 20.6. The summed E-state index contributed by atoms with van der Waals surface area (Å²) < 4.78 is 57.4. The lowest BCUT2D eigenvalue weighted by Gasteiger charge is -2.19. The number of halogens is 3. The second kappa shape index (κ2) is 11.5. The van der Waals surface area contributed by atoms with Gasteiger partial charge >= 0.3 is 12.3 Å². The van der Waals surface area contributed by atoms with E-state index in [1.165, 1.54) is 36.9 Å². The van der Waals surface area contributed by atoms with Crippen LogP contribution in [0.3, 0.4) is 0 Å². The molecule has 0 aromatic heterocycles. The molecule has 0 fully saturated rings. The van der Waals surface area contributed by atoms with Gasteiger partial charge in [-0.25, -0.2) is 4.79 Å². The van der Waals surface area contributed by atoms with Crippen LogP contribution < -0.4 is 9.47 Å². The summed E-state index contributed by atoms with van der Waals surface area (Å²) in [6.45, 7) is 6.64. The number of benzene rings is 3. The first-order valence-corrected chi connectivity index (χ1v) is 11.3. The fourth-order valence-electron chi connectivity index (χ4n) is 3.43. The van der Waals surface area contributed by atoms with Gasteiger partial charge in [0.1, 0.15) is 24.7 Å². The SMILES string of the molecule is COC(=O)COCc1cc(-c2ccc(OC(F)(F)F)cc2)ccc1OCc1ccc(C(C)(C)C)cc1. The number of rotatable bonds is 9. The maximum absolute atomic E-state index is 12.4. The molecule has 0 unspecified atom stereocenters. The van der Waals surface area contributed by atoms with Crippen molar-refractivity contribution in [2.75, 3.05) is 13.7 Å². The first-order valence-electron chi connectivity index (χ1n) is 11.3. The largest absolute Gasteiger partial charge is 0.573 e. The molecular weight excluding hydrogens is 473 g/mol. The fourth-order valence-corrected chi connectivity index (χ4v) is 3.43. The van der Waals surface area contributed by atoms with Gasteiger partial charge in [0.25, 0.3) is 0 Å². The Morgan fingerprint density at radius 1 is 0.833 bits per heavy atom. The number of ether oxygens (including phenoxy) is 4. The molecule has 0 atom stereocenters. The highest BCUT2D eigenvalue weighted by atomic mass is 19.4. The summed E-state index contributed by atoms with van der Waals surface area (Å²) in [5, 5.41) is 0. The van der Waals surface area contributed by atoms with E-state index >= 15 is 0 Å². The van der Waals surface area contributed by atoms with Gasteiger partial charge in [0.2, 0.25) is 0 Å². The molecule has 0 radical (unpaired) electrons. The van der Waals surface area contributed by atoms with Gasteiger partial charge in [0, 0.05) is 5.56 Å². The molecular formula is C28H29F3O5. The molecule has 36 heavy (non-hydrogen) atoms. The number of methoxy groups -OCH3 is 1. The molecule has 3 aromatic rings. The average molecular weight is 503 g/mol. The minimum absolute atomic E-state index is 0.0520. The van der Waals surface area contributed by atoms with Crippen molar-refractivity contribution in [3.05, 3.63) is 83.4 Å². The zero-order chi connectivity index (χ0) is 26.3. The highest BCUT2D eigenvalue weighted by Gasteiger charge is 2.31. The van der Waals surface area contributed by atoms with Crippen molar-refractivity contribution in [2.24, 2.45) is 0 Å². The molecule has 0 spiro atoms. The molecule has 0 N–H and O–H groups in total. The maximum atomic E-state index is 12.4. The van der Waals surface area contributed by atoms with E-state index in [4.69, 9.17) is 9.47 Å². The van der Waals surface area contributed by atoms with Crippen LogP contribution in [0.25, 0.3) is 11.1 Å². The van der Waals surface area contributed by atoms with Gasteiger partial charge in [-0.15, -0.1) is 13.2 Å². The van der Waals surface area contributed by atoms with Crippen molar-refractivity contribution in [3.63, 3.8) is 0 Å². The van der Waals surface area contributed by atoms with Gasteiger partial charge in [-0.05, 0) is 51.9 Å². The van der Waals surface area contributed by atoms with E-state index in [1.807, 2.05) is 24.3 Å². The molecule has 8 heteroatoms. The van der Waals surface area contributed by atoms with Crippen LogP contribution in [0.15, 0.2) is 66.7 Å². The van der Waals surface area contributed by atoms with Crippen molar-refractivity contribution >= 4 is 5.97 Å². The third-order valence-electron chi connectivity index (χ3n) is 5.40. The number of hydrogen-bond acceptors (Lipinski definition) is 5. The Bertz CT molecular complexity index is 1150. The third-order valence-corrected chi connectivity index (χ3v) is 5.40. The second-order valence-electron chi connectivity index (χ2n) is 9.20. The number of carbonyl (C=O) groups excluding carboxylic acids is 1. The zero-order valence-electron chi connectivity index (χ0n) is 20.6. The van der Waals surface area contributed by atoms with Gasteiger partial charge < -0.3 is 18.9 Å². The van der Waals surface area contributed by atoms with E-state index in [-0.39, 0.29) is 24.4 Å². The monoisotopic (exact) mass is 502 g/mol.